The number of nitrogens with zero attached hydrogens (tertiary/aromatic N) is 3. The molecule has 5 aliphatic rings. The third kappa shape index (κ3) is 2.24. The Kier molecular flexibility index (Phi) is 3.67. The maximum atomic E-state index is 11.9. The largest absolute Gasteiger partial charge is 0.490 e. The third-order valence-corrected chi connectivity index (χ3v) is 6.87. The fourth-order valence-electron chi connectivity index (χ4n) is 5.55. The van der Waals surface area contributed by atoms with Crippen LogP contribution in [0.5, 0.6) is 5.75 Å². The van der Waals surface area contributed by atoms with Gasteiger partial charge in [0.2, 0.25) is 0 Å². The Morgan fingerprint density at radius 2 is 2.30 bits per heavy atom. The van der Waals surface area contributed by atoms with Gasteiger partial charge in [-0.25, -0.2) is 0 Å². The number of nitro benzene ring substituents is 1. The maximum absolute atomic E-state index is 11.9. The van der Waals surface area contributed by atoms with Gasteiger partial charge >= 0.3 is 5.69 Å². The van der Waals surface area contributed by atoms with Crippen LogP contribution in [0.15, 0.2) is 24.4 Å². The van der Waals surface area contributed by atoms with Crippen LogP contribution in [0.4, 0.5) is 5.69 Å². The average Bonchev–Trinajstić information content (AvgIpc) is 2.72. The predicted octanol–water partition coefficient (Wildman–Crippen LogP) is 3.47. The Labute approximate surface area is 157 Å². The van der Waals surface area contributed by atoms with Crippen molar-refractivity contribution in [3.63, 3.8) is 0 Å². The fraction of sp³-hybridized carbons (Fsp3) is 0.550. The number of hydrogen-bond acceptors (Lipinski definition) is 6. The van der Waals surface area contributed by atoms with Gasteiger partial charge in [0.25, 0.3) is 0 Å². The first-order valence-corrected chi connectivity index (χ1v) is 9.60. The lowest BCUT2D eigenvalue weighted by Crippen LogP contribution is -2.70. The van der Waals surface area contributed by atoms with Crippen LogP contribution in [0, 0.1) is 16.0 Å². The summed E-state index contributed by atoms with van der Waals surface area (Å²) in [6.45, 7) is 4.25. The highest BCUT2D eigenvalue weighted by molar-refractivity contribution is 5.94. The zero-order valence-corrected chi connectivity index (χ0v) is 15.6. The minimum atomic E-state index is -0.366. The Morgan fingerprint density at radius 3 is 2.96 bits per heavy atom. The van der Waals surface area contributed by atoms with E-state index in [0.29, 0.717) is 16.8 Å². The molecular formula is C20H23N3O4. The van der Waals surface area contributed by atoms with E-state index in [4.69, 9.17) is 9.47 Å². The van der Waals surface area contributed by atoms with Crippen molar-refractivity contribution < 1.29 is 14.4 Å². The van der Waals surface area contributed by atoms with E-state index in [2.05, 4.69) is 16.8 Å². The van der Waals surface area contributed by atoms with Gasteiger partial charge in [-0.05, 0) is 49.9 Å². The Hall–Kier alpha value is -2.25. The lowest BCUT2D eigenvalue weighted by Gasteiger charge is -2.64. The number of hydrogen-bond donors (Lipinski definition) is 0. The van der Waals surface area contributed by atoms with Crippen LogP contribution >= 0.6 is 0 Å². The number of pyridine rings is 1. The van der Waals surface area contributed by atoms with Gasteiger partial charge in [-0.3, -0.25) is 20.0 Å². The minimum absolute atomic E-state index is 0.0196. The van der Waals surface area contributed by atoms with Gasteiger partial charge in [0, 0.05) is 24.3 Å². The van der Waals surface area contributed by atoms with E-state index in [0.717, 1.165) is 31.5 Å². The zero-order chi connectivity index (χ0) is 18.8. The van der Waals surface area contributed by atoms with E-state index < -0.39 is 0 Å². The molecule has 5 saturated heterocycles. The number of fused-ring (bicyclic) bond motifs is 3. The van der Waals surface area contributed by atoms with Gasteiger partial charge in [-0.1, -0.05) is 6.92 Å². The molecule has 2 aromatic rings. The topological polar surface area (TPSA) is 77.7 Å². The smallest absolute Gasteiger partial charge is 0.320 e. The quantitative estimate of drug-likeness (QED) is 0.607. The van der Waals surface area contributed by atoms with Gasteiger partial charge < -0.3 is 9.47 Å². The lowest BCUT2D eigenvalue weighted by molar-refractivity contribution is -0.384. The average molecular weight is 369 g/mol. The number of rotatable bonds is 4. The van der Waals surface area contributed by atoms with Gasteiger partial charge in [0.1, 0.15) is 0 Å². The van der Waals surface area contributed by atoms with E-state index in [1.807, 2.05) is 6.07 Å². The Balaban J connectivity index is 1.71. The van der Waals surface area contributed by atoms with E-state index >= 15 is 0 Å². The van der Waals surface area contributed by atoms with Gasteiger partial charge in [-0.15, -0.1) is 0 Å². The summed E-state index contributed by atoms with van der Waals surface area (Å²) in [5.74, 6) is 0.848. The van der Waals surface area contributed by atoms with Crippen molar-refractivity contribution in [1.29, 1.82) is 0 Å². The van der Waals surface area contributed by atoms with Crippen LogP contribution in [0.2, 0.25) is 0 Å². The first-order chi connectivity index (χ1) is 13.1. The first-order valence-electron chi connectivity index (χ1n) is 9.60. The van der Waals surface area contributed by atoms with E-state index in [9.17, 15) is 10.1 Å². The summed E-state index contributed by atoms with van der Waals surface area (Å²) in [5, 5.41) is 12.4. The molecule has 0 spiro atoms. The summed E-state index contributed by atoms with van der Waals surface area (Å²) < 4.78 is 12.0. The van der Waals surface area contributed by atoms with Crippen molar-refractivity contribution >= 4 is 16.6 Å². The summed E-state index contributed by atoms with van der Waals surface area (Å²) in [4.78, 5) is 18.4. The fourth-order valence-corrected chi connectivity index (χ4v) is 5.55. The van der Waals surface area contributed by atoms with E-state index in [1.165, 1.54) is 13.5 Å². The molecule has 0 radical (unpaired) electrons. The molecule has 0 amide bonds. The van der Waals surface area contributed by atoms with Crippen molar-refractivity contribution in [1.82, 2.24) is 9.88 Å². The van der Waals surface area contributed by atoms with Crippen molar-refractivity contribution in [2.24, 2.45) is 5.92 Å². The van der Waals surface area contributed by atoms with Crippen LogP contribution in [0.3, 0.4) is 0 Å². The number of ether oxygens (including phenoxy) is 2. The predicted molar refractivity (Wildman–Crippen MR) is 99.9 cm³/mol. The molecule has 1 unspecified atom stereocenters. The highest BCUT2D eigenvalue weighted by atomic mass is 16.6. The van der Waals surface area contributed by atoms with Crippen molar-refractivity contribution in [2.75, 3.05) is 20.2 Å². The van der Waals surface area contributed by atoms with Crippen LogP contribution < -0.4 is 4.74 Å². The third-order valence-electron chi connectivity index (χ3n) is 6.87. The molecule has 4 bridgehead atoms. The molecule has 7 heteroatoms. The van der Waals surface area contributed by atoms with Crippen molar-refractivity contribution in [3.8, 4) is 5.75 Å². The number of aromatic nitrogens is 1. The number of piperidine rings is 3. The number of morpholine rings is 1. The monoisotopic (exact) mass is 369 g/mol. The van der Waals surface area contributed by atoms with Crippen molar-refractivity contribution in [2.45, 2.75) is 43.9 Å². The van der Waals surface area contributed by atoms with Gasteiger partial charge in [0.15, 0.2) is 5.75 Å². The maximum Gasteiger partial charge on any atom is 0.320 e. The first kappa shape index (κ1) is 16.9. The van der Waals surface area contributed by atoms with E-state index in [-0.39, 0.29) is 34.1 Å². The van der Waals surface area contributed by atoms with Gasteiger partial charge in [0.05, 0.1) is 34.6 Å². The van der Waals surface area contributed by atoms with Crippen LogP contribution in [0.1, 0.15) is 37.9 Å². The molecule has 5 atom stereocenters. The van der Waals surface area contributed by atoms with Crippen molar-refractivity contribution in [3.05, 3.63) is 40.1 Å². The summed E-state index contributed by atoms with van der Waals surface area (Å²) in [6, 6.07) is 5.56. The molecule has 6 heterocycles. The standard InChI is InChI=1S/C20H23N3O4/c1-3-20-11-22-9-7-12(20)10-15(22)19(27-20)13-6-8-21-14-4-5-16(26-2)18(17(13)14)23(24)25/h4-6,8,12,15,19H,3,7,9-11H2,1-2H3/t12-,15+,19-,20-/m0/s1. The second kappa shape index (κ2) is 5.87. The summed E-state index contributed by atoms with van der Waals surface area (Å²) in [5.41, 5.74) is 1.31. The SMILES string of the molecule is CC[C@]12CN3CC[C@H]1C[C@@H]3[C@H](c1ccnc3ccc(OC)c([N+](=O)[O-])c13)O2. The second-order valence-corrected chi connectivity index (χ2v) is 7.88. The molecule has 7 rings (SSSR count). The molecule has 1 aromatic heterocycles. The zero-order valence-electron chi connectivity index (χ0n) is 15.6. The van der Waals surface area contributed by atoms with Gasteiger partial charge in [-0.2, -0.15) is 0 Å². The molecule has 5 fully saturated rings. The summed E-state index contributed by atoms with van der Waals surface area (Å²) in [6.07, 6.45) is 4.80. The normalized spacial score (nSPS) is 34.1. The van der Waals surface area contributed by atoms with E-state index in [1.54, 1.807) is 18.3 Å². The molecular weight excluding hydrogens is 346 g/mol. The van der Waals surface area contributed by atoms with Crippen LogP contribution in [-0.4, -0.2) is 46.6 Å². The highest BCUT2D eigenvalue weighted by Crippen LogP contribution is 2.55. The molecule has 27 heavy (non-hydrogen) atoms. The number of methoxy groups -OCH3 is 1. The minimum Gasteiger partial charge on any atom is -0.490 e. The van der Waals surface area contributed by atoms with Crippen LogP contribution in [-0.2, 0) is 4.74 Å². The molecule has 5 aliphatic heterocycles. The molecule has 0 aliphatic carbocycles. The molecule has 142 valence electrons. The number of nitro groups is 1. The van der Waals surface area contributed by atoms with Crippen LogP contribution in [0.25, 0.3) is 10.9 Å². The molecule has 0 N–H and O–H groups in total. The summed E-state index contributed by atoms with van der Waals surface area (Å²) >= 11 is 0. The molecule has 7 nitrogen and oxygen atoms in total. The molecule has 1 aromatic carbocycles. The summed E-state index contributed by atoms with van der Waals surface area (Å²) in [7, 11) is 1.46. The molecule has 0 saturated carbocycles. The number of benzene rings is 1. The second-order valence-electron chi connectivity index (χ2n) is 7.88. The Bertz CT molecular complexity index is 933. The Morgan fingerprint density at radius 1 is 1.44 bits per heavy atom. The highest BCUT2D eigenvalue weighted by Gasteiger charge is 2.58. The lowest BCUT2D eigenvalue weighted by atomic mass is 9.66.